The van der Waals surface area contributed by atoms with E-state index < -0.39 is 217 Å². The van der Waals surface area contributed by atoms with Crippen LogP contribution in [0, 0.1) is 223 Å². The average molecular weight is 3040 g/mol. The maximum atomic E-state index is 14.7. The number of aromatic nitrogens is 8. The molecule has 25 N–H and O–H groups in total. The molecule has 4 rings (SSSR count). The van der Waals surface area contributed by atoms with E-state index in [0.29, 0.717) is 84.2 Å². The minimum Gasteiger partial charge on any atom is -0.457 e. The summed E-state index contributed by atoms with van der Waals surface area (Å²) in [7, 11) is -67.0. The molecule has 0 radical (unpaired) electrons. The van der Waals surface area contributed by atoms with Gasteiger partial charge in [0, 0.05) is 0 Å². The van der Waals surface area contributed by atoms with Gasteiger partial charge in [-0.2, -0.15) is 34.5 Å². The molecule has 124 heavy (non-hydrogen) atoms. The molecule has 4 heterocycles. The number of hydrogen-bond acceptors (Lipinski definition) is 37. The maximum Gasteiger partial charge on any atom is 2.00 e. The molecule has 0 saturated carbocycles. The minimum absolute atomic E-state index is 0. The van der Waals surface area contributed by atoms with Gasteiger partial charge in [-0.1, -0.05) is 102 Å². The number of phosphoric ester groups is 4. The first-order valence-electron chi connectivity index (χ1n) is 28.8. The second-order valence-electron chi connectivity index (χ2n) is 22.0. The fourth-order valence-corrected chi connectivity index (χ4v) is 19.5. The van der Waals surface area contributed by atoms with Crippen molar-refractivity contribution in [1.82, 2.24) is 38.2 Å². The predicted octanol–water partition coefficient (Wildman–Crippen LogP) is 4.42. The molecule has 0 aliphatic heterocycles. The molecule has 0 spiro atoms. The Morgan fingerprint density at radius 1 is 0.379 bits per heavy atom. The number of H-pyrrole nitrogens is 3. The van der Waals surface area contributed by atoms with Crippen LogP contribution in [-0.2, 0) is 107 Å². The molecule has 0 amide bonds. The van der Waals surface area contributed by atoms with Crippen molar-refractivity contribution in [2.24, 2.45) is 0 Å². The van der Waals surface area contributed by atoms with Gasteiger partial charge in [-0.25, -0.2) is 72.3 Å². The Morgan fingerprint density at radius 3 is 0.879 bits per heavy atom. The van der Waals surface area contributed by atoms with Gasteiger partial charge in [-0.05, 0) is 52.1 Å². The molecule has 16 atom stereocenters. The molecular weight excluding hydrogens is 2980 g/mol. The first-order chi connectivity index (χ1) is 53.3. The van der Waals surface area contributed by atoms with E-state index in [1.54, 1.807) is 0 Å². The molecule has 0 bridgehead atoms. The van der Waals surface area contributed by atoms with Crippen LogP contribution < -0.4 is 17.0 Å². The van der Waals surface area contributed by atoms with Gasteiger partial charge in [0.15, 0.2) is 0 Å². The van der Waals surface area contributed by atoms with Crippen molar-refractivity contribution in [1.29, 1.82) is 0 Å². The Balaban J connectivity index is -0.000000766. The van der Waals surface area contributed by atoms with Gasteiger partial charge >= 0.3 is 218 Å². The topological polar surface area (TPSA) is 860 Å². The Kier molecular flexibility index (Phi) is 56.1. The summed E-state index contributed by atoms with van der Waals surface area (Å²) in [5.74, 6) is -4.86. The summed E-state index contributed by atoms with van der Waals surface area (Å²) in [4.78, 5) is 172. The van der Waals surface area contributed by atoms with Crippen molar-refractivity contribution >= 4 is 161 Å². The molecular formula is C40H61F8N9O46P12S5U4. The zero-order valence-corrected chi connectivity index (χ0v) is 91.8. The third-order valence-corrected chi connectivity index (χ3v) is 28.2. The van der Waals surface area contributed by atoms with Gasteiger partial charge in [-0.15, -0.1) is 36.7 Å². The summed E-state index contributed by atoms with van der Waals surface area (Å²) < 4.78 is 290. The third-order valence-electron chi connectivity index (χ3n) is 11.5. The first kappa shape index (κ1) is 132. The van der Waals surface area contributed by atoms with E-state index in [-0.39, 0.29) is 139 Å². The monoisotopic (exact) mass is 3040 g/mol. The van der Waals surface area contributed by atoms with Crippen molar-refractivity contribution in [2.45, 2.75) is 74.8 Å². The Labute approximate surface area is 807 Å². The largest absolute Gasteiger partial charge is 2.00 e. The summed E-state index contributed by atoms with van der Waals surface area (Å²) >= 11 is 23.4. The predicted molar refractivity (Wildman–Crippen MR) is 387 cm³/mol. The summed E-state index contributed by atoms with van der Waals surface area (Å²) in [5.41, 5.74) is -7.78. The van der Waals surface area contributed by atoms with Gasteiger partial charge in [-0.3, -0.25) is 53.0 Å². The SMILES string of the molecule is CC(F)([CH-]n1cc(F)c(=O)[nH]c1=S)[C@@H](O)[CH-]COP(=O)(O)OP(=O)(O)OP(=O)(O)O.CC(F)([CH-]n1cc(F)c(=S)[nH]c1=O)[C@@H](O)[CH-]COP(=O)(O)OP(=O)(O)OP(=O)(O)O.CC(F)([CH-]n1cc(F)c(=S)[nH]c1=S)[C@@H](O)[CH-]COP(=O)(O)OP(=O)(O)OP(=O)(O)O.CC(F)([CH-]n1cc(F)c(N)nc1=S)[C@@H](O)[CH-]COP(=O)(O)OP(=O)(O)OP(=O)(O)O.[U+2].[U+2].[U+2].[U+2]. The fraction of sp³-hybridized carbons (Fsp3) is 0.400. The van der Waals surface area contributed by atoms with Crippen molar-refractivity contribution in [3.8, 4) is 0 Å². The number of nitrogens with one attached hydrogen (secondary N) is 3. The van der Waals surface area contributed by atoms with E-state index in [1.165, 1.54) is 0 Å². The number of nitrogens with two attached hydrogens (primary N) is 1. The first-order valence-corrected chi connectivity index (χ1v) is 48.9. The number of hydrogen-bond donors (Lipinski definition) is 24. The molecule has 84 heteroatoms. The average Bonchev–Trinajstić information content (AvgIpc) is 0.815. The molecule has 0 aliphatic rings. The fourth-order valence-electron chi connectivity index (χ4n) is 6.66. The number of aliphatic hydroxyl groups excluding tert-OH is 4. The number of halogens is 8. The van der Waals surface area contributed by atoms with Gasteiger partial charge in [0.1, 0.15) is 38.4 Å². The maximum absolute atomic E-state index is 14.7. The van der Waals surface area contributed by atoms with E-state index in [0.717, 1.165) is 38.5 Å². The van der Waals surface area contributed by atoms with Gasteiger partial charge < -0.3 is 161 Å². The quantitative estimate of drug-likeness (QED) is 0.0126. The van der Waals surface area contributed by atoms with Gasteiger partial charge in [0.2, 0.25) is 5.69 Å². The van der Waals surface area contributed by atoms with Crippen LogP contribution in [0.25, 0.3) is 0 Å². The van der Waals surface area contributed by atoms with Crippen LogP contribution in [0.5, 0.6) is 0 Å². The number of nitrogen functional groups attached to an aromatic ring is 1. The van der Waals surface area contributed by atoms with Crippen LogP contribution >= 0.6 is 155 Å². The number of rotatable bonds is 44. The molecule has 0 aliphatic carbocycles. The number of aliphatic hydroxyl groups is 4. The van der Waals surface area contributed by atoms with Crippen molar-refractivity contribution in [3.63, 3.8) is 0 Å². The van der Waals surface area contributed by atoms with E-state index in [4.69, 9.17) is 101 Å². The van der Waals surface area contributed by atoms with E-state index in [2.05, 4.69) is 87.0 Å². The molecule has 704 valence electrons. The number of alkyl halides is 4. The zero-order valence-electron chi connectivity index (χ0n) is 60.4. The Hall–Kier alpha value is 1.43. The number of anilines is 1. The van der Waals surface area contributed by atoms with Gasteiger partial charge in [0.05, 0.1) is 37.0 Å². The smallest absolute Gasteiger partial charge is 0.457 e. The second kappa shape index (κ2) is 52.8. The molecule has 0 saturated heterocycles. The Morgan fingerprint density at radius 2 is 0.605 bits per heavy atom. The molecule has 55 nitrogen and oxygen atoms in total. The van der Waals surface area contributed by atoms with E-state index in [9.17, 15) is 139 Å². The molecule has 4 aromatic rings. The van der Waals surface area contributed by atoms with Crippen molar-refractivity contribution in [3.05, 3.63) is 144 Å². The van der Waals surface area contributed by atoms with Crippen LogP contribution in [0.15, 0.2) is 34.4 Å². The minimum atomic E-state index is -5.74. The molecule has 4 aromatic heterocycles. The summed E-state index contributed by atoms with van der Waals surface area (Å²) in [6.45, 7) is 1.20. The van der Waals surface area contributed by atoms with Crippen LogP contribution in [0.2, 0.25) is 0 Å². The summed E-state index contributed by atoms with van der Waals surface area (Å²) in [6.07, 6.45) is -3.61. The standard InChI is InChI=1S/C10H16F2N3O11P3S.2C10H15F2N2O12P3S.C10H15F2N2O11P3S2.4U/c1-10(12,5-15-4-6(11)8(13)14-9(15)30)7(16)2-3-24-28(20,21)26-29(22,23)25-27(17,18)19;1-10(12,5-14-4-6(11)8(30)13-9(14)16)7(15)2-3-24-28(20,21)26-29(22,23)25-27(17,18)19;1-10(12,5-14-4-6(11)8(16)13-9(14)30)7(15)2-3-24-28(20,21)26-29(22,23)25-27(17,18)19;1-10(12,5-14-4-6(11)8(29)13-9(14)30)7(15)2-3-23-27(19,20)25-28(21,22)24-26(16,17)18;;;;/h2,4-5,7,16H,3H2,1H3,(H,20,21)(H,22,23)(H2,13,14,30)(H2,17,18,19);2*2,4-5,7,15H,3H2,1H3,(H,20,21)(H,22,23)(H,13,16,30)(H2,17,18,19);2,4-5,7,15H,3H2,1H3,(H,19,20)(H,21,22)(H,13,29,30)(H2,16,17,18);;;;/q4*-2;4*+2/t4*7-,10?;;;;/m0000..../s1. The summed E-state index contributed by atoms with van der Waals surface area (Å²) in [5, 5.41) is 39.4. The molecule has 0 aromatic carbocycles. The van der Waals surface area contributed by atoms with Gasteiger partial charge in [0.25, 0.3) is 5.56 Å². The number of nitrogens with zero attached hydrogens (tertiary/aromatic N) is 5. The van der Waals surface area contributed by atoms with Crippen LogP contribution in [0.4, 0.5) is 40.9 Å². The van der Waals surface area contributed by atoms with Crippen LogP contribution in [0.1, 0.15) is 27.7 Å². The normalized spacial score (nSPS) is 18.7. The third kappa shape index (κ3) is 53.8. The second-order valence-corrected chi connectivity index (χ2v) is 41.6. The molecule has 12 unspecified atom stereocenters. The Bertz CT molecular complexity index is 4960. The van der Waals surface area contributed by atoms with E-state index in [1.807, 2.05) is 9.97 Å². The number of aromatic amines is 3. The summed E-state index contributed by atoms with van der Waals surface area (Å²) in [6, 6.07) is 0. The van der Waals surface area contributed by atoms with Crippen LogP contribution in [0.3, 0.4) is 0 Å². The van der Waals surface area contributed by atoms with Crippen LogP contribution in [-0.4, -0.2) is 210 Å². The number of phosphoric acid groups is 12. The molecule has 0 fully saturated rings. The van der Waals surface area contributed by atoms with Crippen molar-refractivity contribution in [2.75, 3.05) is 32.2 Å². The van der Waals surface area contributed by atoms with E-state index >= 15 is 0 Å². The zero-order chi connectivity index (χ0) is 94.2. The van der Waals surface area contributed by atoms with Crippen molar-refractivity contribution < 1.29 is 366 Å².